The number of fused-ring (bicyclic) bond motifs is 1. The second-order valence-corrected chi connectivity index (χ2v) is 9.59. The average molecular weight is 500 g/mol. The highest BCUT2D eigenvalue weighted by Gasteiger charge is 2.20. The van der Waals surface area contributed by atoms with Crippen LogP contribution in [0.3, 0.4) is 0 Å². The summed E-state index contributed by atoms with van der Waals surface area (Å²) in [5, 5.41) is 8.35. The van der Waals surface area contributed by atoms with Crippen molar-refractivity contribution in [3.05, 3.63) is 95.8 Å². The molecule has 2 aromatic carbocycles. The molecular weight excluding hydrogens is 474 g/mol. The molecule has 2 aromatic heterocycles. The summed E-state index contributed by atoms with van der Waals surface area (Å²) < 4.78 is 0. The number of benzene rings is 2. The van der Waals surface area contributed by atoms with E-state index in [1.54, 1.807) is 18.5 Å². The normalized spacial score (nSPS) is 13.6. The van der Waals surface area contributed by atoms with Gasteiger partial charge in [-0.05, 0) is 60.1 Å². The van der Waals surface area contributed by atoms with Gasteiger partial charge in [-0.3, -0.25) is 0 Å². The summed E-state index contributed by atoms with van der Waals surface area (Å²) in [4.78, 5) is 20.4. The highest BCUT2D eigenvalue weighted by atomic mass is 32.2. The third-order valence-corrected chi connectivity index (χ3v) is 6.79. The maximum Gasteiger partial charge on any atom is 0.232 e. The molecule has 2 N–H and O–H groups in total. The van der Waals surface area contributed by atoms with Gasteiger partial charge >= 0.3 is 0 Å². The molecule has 0 aliphatic carbocycles. The number of aromatic nitrogens is 4. The summed E-state index contributed by atoms with van der Waals surface area (Å²) in [5.41, 5.74) is 3.86. The lowest BCUT2D eigenvalue weighted by Gasteiger charge is -2.30. The number of thiocarbonyl (C=S) groups is 1. The summed E-state index contributed by atoms with van der Waals surface area (Å²) in [5.74, 6) is 1.28. The van der Waals surface area contributed by atoms with Gasteiger partial charge in [-0.25, -0.2) is 15.0 Å². The van der Waals surface area contributed by atoms with E-state index >= 15 is 0 Å². The average Bonchev–Trinajstić information content (AvgIpc) is 2.89. The van der Waals surface area contributed by atoms with E-state index in [1.807, 2.05) is 24.3 Å². The summed E-state index contributed by atoms with van der Waals surface area (Å²) in [6.07, 6.45) is 4.42. The molecular formula is C26H25N7S2. The van der Waals surface area contributed by atoms with E-state index in [0.29, 0.717) is 16.2 Å². The molecule has 0 saturated heterocycles. The molecule has 3 heterocycles. The van der Waals surface area contributed by atoms with E-state index < -0.39 is 0 Å². The largest absolute Gasteiger partial charge is 0.356 e. The lowest BCUT2D eigenvalue weighted by molar-refractivity contribution is 0.715. The van der Waals surface area contributed by atoms with Crippen LogP contribution in [-0.2, 0) is 13.0 Å². The summed E-state index contributed by atoms with van der Waals surface area (Å²) in [7, 11) is 0. The SMILES string of the molecule is CC(NC(=S)Nc1nc(Sc2ncccn2)cc(N2CCc3ccccc3C2)n1)c1ccccc1. The smallest absolute Gasteiger partial charge is 0.232 e. The van der Waals surface area contributed by atoms with E-state index in [4.69, 9.17) is 22.2 Å². The fraction of sp³-hybridized carbons (Fsp3) is 0.192. The molecule has 0 bridgehead atoms. The van der Waals surface area contributed by atoms with Crippen molar-refractivity contribution in [2.45, 2.75) is 36.1 Å². The van der Waals surface area contributed by atoms with Crippen LogP contribution in [-0.4, -0.2) is 31.6 Å². The van der Waals surface area contributed by atoms with Gasteiger partial charge in [0.15, 0.2) is 10.3 Å². The van der Waals surface area contributed by atoms with Gasteiger partial charge in [0.25, 0.3) is 0 Å². The van der Waals surface area contributed by atoms with Crippen molar-refractivity contribution in [2.75, 3.05) is 16.8 Å². The minimum Gasteiger partial charge on any atom is -0.356 e. The first-order chi connectivity index (χ1) is 17.1. The lowest BCUT2D eigenvalue weighted by Crippen LogP contribution is -2.33. The quantitative estimate of drug-likeness (QED) is 0.216. The van der Waals surface area contributed by atoms with E-state index in [1.165, 1.54) is 22.9 Å². The third kappa shape index (κ3) is 5.93. The van der Waals surface area contributed by atoms with Crippen molar-refractivity contribution in [3.8, 4) is 0 Å². The molecule has 1 atom stereocenters. The number of nitrogens with one attached hydrogen (secondary N) is 2. The molecule has 0 fully saturated rings. The first kappa shape index (κ1) is 23.2. The molecule has 9 heteroatoms. The molecule has 35 heavy (non-hydrogen) atoms. The monoisotopic (exact) mass is 499 g/mol. The van der Waals surface area contributed by atoms with Crippen LogP contribution in [0.4, 0.5) is 11.8 Å². The standard InChI is InChI=1S/C26H25N7S2/c1-18(19-8-3-2-4-9-19)29-25(34)32-24-30-22(16-23(31-24)35-26-27-13-7-14-28-26)33-15-12-20-10-5-6-11-21(20)17-33/h2-11,13-14,16,18H,12,15,17H2,1H3,(H2,29,30,31,32,34). The molecule has 176 valence electrons. The van der Waals surface area contributed by atoms with E-state index in [9.17, 15) is 0 Å². The van der Waals surface area contributed by atoms with Crippen molar-refractivity contribution in [3.63, 3.8) is 0 Å². The minimum atomic E-state index is 0.0459. The van der Waals surface area contributed by atoms with Gasteiger partial charge < -0.3 is 15.5 Å². The third-order valence-electron chi connectivity index (χ3n) is 5.75. The van der Waals surface area contributed by atoms with Crippen molar-refractivity contribution in [2.24, 2.45) is 0 Å². The predicted octanol–water partition coefficient (Wildman–Crippen LogP) is 5.03. The number of anilines is 2. The molecule has 1 aliphatic heterocycles. The lowest BCUT2D eigenvalue weighted by atomic mass is 10.00. The predicted molar refractivity (Wildman–Crippen MR) is 144 cm³/mol. The molecule has 1 aliphatic rings. The van der Waals surface area contributed by atoms with Crippen molar-refractivity contribution < 1.29 is 0 Å². The van der Waals surface area contributed by atoms with Crippen LogP contribution in [0.1, 0.15) is 29.7 Å². The second kappa shape index (κ2) is 10.8. The maximum atomic E-state index is 5.59. The summed E-state index contributed by atoms with van der Waals surface area (Å²) in [6, 6.07) is 22.6. The van der Waals surface area contributed by atoms with Gasteiger partial charge in [0.2, 0.25) is 5.95 Å². The van der Waals surface area contributed by atoms with Gasteiger partial charge in [0.1, 0.15) is 10.8 Å². The number of hydrogen-bond acceptors (Lipinski definition) is 7. The Balaban J connectivity index is 1.38. The van der Waals surface area contributed by atoms with Crippen LogP contribution < -0.4 is 15.5 Å². The van der Waals surface area contributed by atoms with Gasteiger partial charge in [-0.1, -0.05) is 54.6 Å². The summed E-state index contributed by atoms with van der Waals surface area (Å²) >= 11 is 6.99. The van der Waals surface area contributed by atoms with Crippen LogP contribution in [0, 0.1) is 0 Å². The van der Waals surface area contributed by atoms with Gasteiger partial charge in [-0.15, -0.1) is 0 Å². The Morgan fingerprint density at radius 3 is 2.51 bits per heavy atom. The molecule has 5 rings (SSSR count). The highest BCUT2D eigenvalue weighted by Crippen LogP contribution is 2.29. The Labute approximate surface area is 214 Å². The Morgan fingerprint density at radius 2 is 1.71 bits per heavy atom. The molecule has 0 radical (unpaired) electrons. The maximum absolute atomic E-state index is 5.59. The molecule has 1 unspecified atom stereocenters. The molecule has 4 aromatic rings. The highest BCUT2D eigenvalue weighted by molar-refractivity contribution is 7.99. The van der Waals surface area contributed by atoms with Gasteiger partial charge in [0.05, 0.1) is 6.04 Å². The molecule has 0 amide bonds. The molecule has 0 saturated carbocycles. The van der Waals surface area contributed by atoms with E-state index in [0.717, 1.165) is 35.9 Å². The van der Waals surface area contributed by atoms with Crippen LogP contribution in [0.25, 0.3) is 0 Å². The zero-order chi connectivity index (χ0) is 24.0. The van der Waals surface area contributed by atoms with E-state index in [-0.39, 0.29) is 6.04 Å². The van der Waals surface area contributed by atoms with Crippen LogP contribution in [0.15, 0.2) is 89.3 Å². The zero-order valence-corrected chi connectivity index (χ0v) is 20.9. The van der Waals surface area contributed by atoms with Crippen molar-refractivity contribution in [1.29, 1.82) is 0 Å². The molecule has 0 spiro atoms. The topological polar surface area (TPSA) is 78.9 Å². The van der Waals surface area contributed by atoms with E-state index in [2.05, 4.69) is 68.8 Å². The fourth-order valence-electron chi connectivity index (χ4n) is 3.97. The fourth-order valence-corrected chi connectivity index (χ4v) is 4.94. The van der Waals surface area contributed by atoms with Gasteiger partial charge in [0, 0.05) is 31.5 Å². The van der Waals surface area contributed by atoms with Crippen LogP contribution in [0.2, 0.25) is 0 Å². The number of rotatable bonds is 6. The van der Waals surface area contributed by atoms with Crippen molar-refractivity contribution >= 4 is 40.9 Å². The number of hydrogen-bond donors (Lipinski definition) is 2. The summed E-state index contributed by atoms with van der Waals surface area (Å²) in [6.45, 7) is 3.75. The Bertz CT molecular complexity index is 1300. The van der Waals surface area contributed by atoms with Crippen molar-refractivity contribution in [1.82, 2.24) is 25.3 Å². The first-order valence-electron chi connectivity index (χ1n) is 11.4. The minimum absolute atomic E-state index is 0.0459. The van der Waals surface area contributed by atoms with Crippen LogP contribution >= 0.6 is 24.0 Å². The van der Waals surface area contributed by atoms with Gasteiger partial charge in [-0.2, -0.15) is 4.98 Å². The molecule has 7 nitrogen and oxygen atoms in total. The van der Waals surface area contributed by atoms with Crippen LogP contribution in [0.5, 0.6) is 0 Å². The Morgan fingerprint density at radius 1 is 0.971 bits per heavy atom. The first-order valence-corrected chi connectivity index (χ1v) is 12.6. The Kier molecular flexibility index (Phi) is 7.15. The Hall–Kier alpha value is -3.56. The second-order valence-electron chi connectivity index (χ2n) is 8.19. The zero-order valence-electron chi connectivity index (χ0n) is 19.3. The number of nitrogens with zero attached hydrogens (tertiary/aromatic N) is 5.